The van der Waals surface area contributed by atoms with Gasteiger partial charge in [-0.15, -0.1) is 0 Å². The number of hydrogen-bond donors (Lipinski definition) is 2. The van der Waals surface area contributed by atoms with E-state index in [1.165, 1.54) is 50.6 Å². The van der Waals surface area contributed by atoms with Crippen LogP contribution in [0.1, 0.15) is 16.7 Å². The van der Waals surface area contributed by atoms with Crippen molar-refractivity contribution in [2.75, 3.05) is 23.7 Å². The second-order valence-electron chi connectivity index (χ2n) is 7.53. The van der Waals surface area contributed by atoms with Gasteiger partial charge in [0, 0.05) is 11.8 Å². The minimum atomic E-state index is -4.02. The third-order valence-electron chi connectivity index (χ3n) is 4.99. The van der Waals surface area contributed by atoms with Crippen molar-refractivity contribution in [3.05, 3.63) is 71.3 Å². The first-order valence-corrected chi connectivity index (χ1v) is 12.9. The van der Waals surface area contributed by atoms with Gasteiger partial charge in [-0.2, -0.15) is 0 Å². The highest BCUT2D eigenvalue weighted by atomic mass is 32.2. The minimum Gasteiger partial charge on any atom is -0.497 e. The molecule has 10 heteroatoms. The Morgan fingerprint density at radius 1 is 0.697 bits per heavy atom. The van der Waals surface area contributed by atoms with E-state index in [1.54, 1.807) is 6.07 Å². The molecule has 2 N–H and O–H groups in total. The number of sulfonamides is 2. The third kappa shape index (κ3) is 5.40. The Hall–Kier alpha value is -3.24. The SMILES string of the molecule is COc1ccc(OC)c(S(=O)(=O)Nc2ccc(S(=O)(=O)Nc3c(C)cc(C)cc3C)cc2)c1. The number of nitrogens with one attached hydrogen (secondary N) is 2. The van der Waals surface area contributed by atoms with Crippen LogP contribution < -0.4 is 18.9 Å². The summed E-state index contributed by atoms with van der Waals surface area (Å²) in [6, 6.07) is 13.7. The molecule has 176 valence electrons. The van der Waals surface area contributed by atoms with Gasteiger partial charge in [-0.25, -0.2) is 16.8 Å². The molecule has 0 saturated heterocycles. The lowest BCUT2D eigenvalue weighted by atomic mass is 10.1. The number of aryl methyl sites for hydroxylation is 3. The van der Waals surface area contributed by atoms with Crippen molar-refractivity contribution in [1.82, 2.24) is 0 Å². The Morgan fingerprint density at radius 2 is 1.30 bits per heavy atom. The highest BCUT2D eigenvalue weighted by Crippen LogP contribution is 2.30. The third-order valence-corrected chi connectivity index (χ3v) is 7.76. The Morgan fingerprint density at radius 3 is 1.85 bits per heavy atom. The van der Waals surface area contributed by atoms with Crippen LogP contribution in [0, 0.1) is 20.8 Å². The van der Waals surface area contributed by atoms with Gasteiger partial charge in [0.25, 0.3) is 20.0 Å². The Kier molecular flexibility index (Phi) is 6.89. The van der Waals surface area contributed by atoms with Gasteiger partial charge in [0.05, 0.1) is 24.8 Å². The second-order valence-corrected chi connectivity index (χ2v) is 10.9. The topological polar surface area (TPSA) is 111 Å². The van der Waals surface area contributed by atoms with Crippen molar-refractivity contribution in [2.45, 2.75) is 30.6 Å². The van der Waals surface area contributed by atoms with Crippen LogP contribution in [0.2, 0.25) is 0 Å². The maximum Gasteiger partial charge on any atom is 0.265 e. The Labute approximate surface area is 194 Å². The number of benzene rings is 3. The molecule has 3 aromatic rings. The van der Waals surface area contributed by atoms with Crippen molar-refractivity contribution < 1.29 is 26.3 Å². The summed E-state index contributed by atoms with van der Waals surface area (Å²) in [5.74, 6) is 0.501. The zero-order chi connectivity index (χ0) is 24.4. The summed E-state index contributed by atoms with van der Waals surface area (Å²) in [4.78, 5) is -0.100. The number of anilines is 2. The maximum absolute atomic E-state index is 12.9. The molecule has 0 bridgehead atoms. The molecule has 0 aliphatic rings. The van der Waals surface area contributed by atoms with Crippen LogP contribution in [-0.4, -0.2) is 31.1 Å². The molecule has 0 amide bonds. The Balaban J connectivity index is 1.86. The van der Waals surface area contributed by atoms with Gasteiger partial charge in [-0.05, 0) is 68.3 Å². The van der Waals surface area contributed by atoms with Gasteiger partial charge in [-0.3, -0.25) is 9.44 Å². The van der Waals surface area contributed by atoms with E-state index in [9.17, 15) is 16.8 Å². The van der Waals surface area contributed by atoms with E-state index >= 15 is 0 Å². The lowest BCUT2D eigenvalue weighted by molar-refractivity contribution is 0.392. The quantitative estimate of drug-likeness (QED) is 0.489. The predicted octanol–water partition coefficient (Wildman–Crippen LogP) is 4.23. The van der Waals surface area contributed by atoms with Crippen LogP contribution in [0.5, 0.6) is 11.5 Å². The highest BCUT2D eigenvalue weighted by molar-refractivity contribution is 7.93. The molecule has 8 nitrogen and oxygen atoms in total. The molecule has 0 aliphatic heterocycles. The average Bonchev–Trinajstić information content (AvgIpc) is 2.76. The van der Waals surface area contributed by atoms with Crippen LogP contribution in [0.3, 0.4) is 0 Å². The van der Waals surface area contributed by atoms with Gasteiger partial charge < -0.3 is 9.47 Å². The molecule has 0 aliphatic carbocycles. The molecule has 0 aromatic heterocycles. The summed E-state index contributed by atoms with van der Waals surface area (Å²) in [5, 5.41) is 0. The van der Waals surface area contributed by atoms with Gasteiger partial charge >= 0.3 is 0 Å². The average molecular weight is 491 g/mol. The highest BCUT2D eigenvalue weighted by Gasteiger charge is 2.22. The largest absolute Gasteiger partial charge is 0.497 e. The summed E-state index contributed by atoms with van der Waals surface area (Å²) in [6.45, 7) is 5.62. The monoisotopic (exact) mass is 490 g/mol. The standard InChI is InChI=1S/C23H26N2O6S2/c1-15-12-16(2)23(17(3)13-15)25-32(26,27)20-9-6-18(7-10-20)24-33(28,29)22-14-19(30-4)8-11-21(22)31-5/h6-14,24-25H,1-5H3. The van der Waals surface area contributed by atoms with Gasteiger partial charge in [0.1, 0.15) is 16.4 Å². The van der Waals surface area contributed by atoms with Crippen molar-refractivity contribution in [3.8, 4) is 11.5 Å². The number of methoxy groups -OCH3 is 2. The van der Waals surface area contributed by atoms with E-state index in [4.69, 9.17) is 9.47 Å². The van der Waals surface area contributed by atoms with E-state index in [0.29, 0.717) is 11.4 Å². The molecular formula is C23H26N2O6S2. The van der Waals surface area contributed by atoms with Crippen molar-refractivity contribution in [3.63, 3.8) is 0 Å². The fraction of sp³-hybridized carbons (Fsp3) is 0.217. The normalized spacial score (nSPS) is 11.7. The second kappa shape index (κ2) is 9.32. The predicted molar refractivity (Wildman–Crippen MR) is 128 cm³/mol. The van der Waals surface area contributed by atoms with Crippen LogP contribution in [0.25, 0.3) is 0 Å². The molecule has 33 heavy (non-hydrogen) atoms. The fourth-order valence-corrected chi connectivity index (χ4v) is 5.89. The number of hydrogen-bond acceptors (Lipinski definition) is 6. The number of ether oxygens (including phenoxy) is 2. The molecular weight excluding hydrogens is 464 g/mol. The smallest absolute Gasteiger partial charge is 0.265 e. The number of rotatable bonds is 8. The summed E-state index contributed by atoms with van der Waals surface area (Å²) in [5.41, 5.74) is 3.38. The maximum atomic E-state index is 12.9. The molecule has 0 saturated carbocycles. The van der Waals surface area contributed by atoms with E-state index in [1.807, 2.05) is 32.9 Å². The fourth-order valence-electron chi connectivity index (χ4n) is 3.44. The summed E-state index contributed by atoms with van der Waals surface area (Å²) >= 11 is 0. The molecule has 0 unspecified atom stereocenters. The minimum absolute atomic E-state index is 0.00350. The first-order valence-electron chi connectivity index (χ1n) is 9.92. The van der Waals surface area contributed by atoms with Crippen molar-refractivity contribution >= 4 is 31.4 Å². The van der Waals surface area contributed by atoms with E-state index in [-0.39, 0.29) is 21.2 Å². The first-order chi connectivity index (χ1) is 15.5. The molecule has 3 aromatic carbocycles. The lowest BCUT2D eigenvalue weighted by Crippen LogP contribution is -2.16. The van der Waals surface area contributed by atoms with Crippen LogP contribution in [0.4, 0.5) is 11.4 Å². The zero-order valence-corrected chi connectivity index (χ0v) is 20.6. The molecule has 0 radical (unpaired) electrons. The molecule has 0 fully saturated rings. The van der Waals surface area contributed by atoms with Gasteiger partial charge in [-0.1, -0.05) is 17.7 Å². The summed E-state index contributed by atoms with van der Waals surface area (Å²) in [6.07, 6.45) is 0. The van der Waals surface area contributed by atoms with Crippen molar-refractivity contribution in [1.29, 1.82) is 0 Å². The molecule has 3 rings (SSSR count). The van der Waals surface area contributed by atoms with E-state index in [0.717, 1.165) is 16.7 Å². The van der Waals surface area contributed by atoms with Crippen molar-refractivity contribution in [2.24, 2.45) is 0 Å². The molecule has 0 spiro atoms. The van der Waals surface area contributed by atoms with E-state index in [2.05, 4.69) is 9.44 Å². The summed E-state index contributed by atoms with van der Waals surface area (Å²) < 4.78 is 66.9. The Bertz CT molecular complexity index is 1360. The van der Waals surface area contributed by atoms with Gasteiger partial charge in [0.15, 0.2) is 0 Å². The lowest BCUT2D eigenvalue weighted by Gasteiger charge is -2.15. The van der Waals surface area contributed by atoms with Crippen LogP contribution in [-0.2, 0) is 20.0 Å². The van der Waals surface area contributed by atoms with E-state index < -0.39 is 20.0 Å². The zero-order valence-electron chi connectivity index (χ0n) is 19.0. The first kappa shape index (κ1) is 24.4. The summed E-state index contributed by atoms with van der Waals surface area (Å²) in [7, 11) is -5.09. The van der Waals surface area contributed by atoms with Crippen LogP contribution in [0.15, 0.2) is 64.4 Å². The van der Waals surface area contributed by atoms with Gasteiger partial charge in [0.2, 0.25) is 0 Å². The molecule has 0 atom stereocenters. The molecule has 0 heterocycles. The van der Waals surface area contributed by atoms with Crippen LogP contribution >= 0.6 is 0 Å².